The van der Waals surface area contributed by atoms with Gasteiger partial charge in [-0.2, -0.15) is 0 Å². The van der Waals surface area contributed by atoms with E-state index in [4.69, 9.17) is 16.3 Å². The Labute approximate surface area is 103 Å². The number of ether oxygens (including phenoxy) is 1. The first-order chi connectivity index (χ1) is 8.09. The molecule has 0 aliphatic carbocycles. The topological polar surface area (TPSA) is 26.3 Å². The molecule has 0 saturated carbocycles. The van der Waals surface area contributed by atoms with E-state index in [-0.39, 0.29) is 22.3 Å². The normalized spacial score (nSPS) is 17.1. The van der Waals surface area contributed by atoms with E-state index in [9.17, 15) is 13.6 Å². The molecule has 0 amide bonds. The number of ketones is 1. The fraction of sp³-hybridized carbons (Fsp3) is 0.417. The molecule has 5 heteroatoms. The number of hydrogen-bond donors (Lipinski definition) is 0. The van der Waals surface area contributed by atoms with Gasteiger partial charge < -0.3 is 4.74 Å². The lowest BCUT2D eigenvalue weighted by Gasteiger charge is -2.21. The summed E-state index contributed by atoms with van der Waals surface area (Å²) in [5, 5.41) is -0.0413. The molecular weight excluding hydrogens is 250 g/mol. The number of Topliss-reactive ketones (excluding diaryl/α,β-unsaturated/α-hetero) is 1. The van der Waals surface area contributed by atoms with Gasteiger partial charge in [0, 0.05) is 24.7 Å². The van der Waals surface area contributed by atoms with Crippen LogP contribution in [0.1, 0.15) is 23.2 Å². The standard InChI is InChI=1S/C12H11ClF2O2/c13-9-6-11(15)10(14)5-8(9)12(16)7-1-3-17-4-2-7/h5-7H,1-4H2. The van der Waals surface area contributed by atoms with Crippen molar-refractivity contribution >= 4 is 17.4 Å². The van der Waals surface area contributed by atoms with E-state index in [1.807, 2.05) is 0 Å². The smallest absolute Gasteiger partial charge is 0.167 e. The quantitative estimate of drug-likeness (QED) is 0.603. The predicted molar refractivity (Wildman–Crippen MR) is 59.2 cm³/mol. The predicted octanol–water partition coefficient (Wildman–Crippen LogP) is 3.23. The zero-order chi connectivity index (χ0) is 12.4. The fourth-order valence-corrected chi connectivity index (χ4v) is 2.13. The SMILES string of the molecule is O=C(c1cc(F)c(F)cc1Cl)C1CCOCC1. The second kappa shape index (κ2) is 5.10. The fourth-order valence-electron chi connectivity index (χ4n) is 1.89. The number of rotatable bonds is 2. The molecule has 17 heavy (non-hydrogen) atoms. The monoisotopic (exact) mass is 260 g/mol. The van der Waals surface area contributed by atoms with Crippen molar-refractivity contribution in [2.24, 2.45) is 5.92 Å². The zero-order valence-corrected chi connectivity index (χ0v) is 9.77. The number of benzene rings is 1. The maximum atomic E-state index is 13.1. The van der Waals surface area contributed by atoms with Crippen molar-refractivity contribution in [3.05, 3.63) is 34.4 Å². The molecule has 0 unspecified atom stereocenters. The van der Waals surface area contributed by atoms with Gasteiger partial charge in [0.2, 0.25) is 0 Å². The van der Waals surface area contributed by atoms with Gasteiger partial charge in [-0.25, -0.2) is 8.78 Å². The summed E-state index contributed by atoms with van der Waals surface area (Å²) in [6.45, 7) is 1.02. The van der Waals surface area contributed by atoms with E-state index in [1.165, 1.54) is 0 Å². The van der Waals surface area contributed by atoms with Crippen LogP contribution < -0.4 is 0 Å². The minimum atomic E-state index is -1.05. The molecule has 0 atom stereocenters. The van der Waals surface area contributed by atoms with Crippen molar-refractivity contribution < 1.29 is 18.3 Å². The minimum absolute atomic E-state index is 0.0413. The summed E-state index contributed by atoms with van der Waals surface area (Å²) in [6.07, 6.45) is 1.18. The van der Waals surface area contributed by atoms with E-state index < -0.39 is 11.6 Å². The first-order valence-corrected chi connectivity index (χ1v) is 5.74. The molecule has 1 fully saturated rings. The molecule has 1 aromatic carbocycles. The van der Waals surface area contributed by atoms with Crippen LogP contribution in [0.4, 0.5) is 8.78 Å². The molecule has 92 valence electrons. The van der Waals surface area contributed by atoms with Crippen LogP contribution in [-0.4, -0.2) is 19.0 Å². The summed E-state index contributed by atoms with van der Waals surface area (Å²) in [6, 6.07) is 1.71. The average molecular weight is 261 g/mol. The maximum absolute atomic E-state index is 13.1. The minimum Gasteiger partial charge on any atom is -0.381 e. The Morgan fingerprint density at radius 3 is 2.47 bits per heavy atom. The number of halogens is 3. The van der Waals surface area contributed by atoms with Gasteiger partial charge in [-0.15, -0.1) is 0 Å². The van der Waals surface area contributed by atoms with Crippen molar-refractivity contribution in [1.82, 2.24) is 0 Å². The Kier molecular flexibility index (Phi) is 3.74. The van der Waals surface area contributed by atoms with Crippen LogP contribution >= 0.6 is 11.6 Å². The van der Waals surface area contributed by atoms with Gasteiger partial charge in [-0.3, -0.25) is 4.79 Å². The maximum Gasteiger partial charge on any atom is 0.167 e. The van der Waals surface area contributed by atoms with Crippen molar-refractivity contribution in [3.63, 3.8) is 0 Å². The van der Waals surface area contributed by atoms with Crippen LogP contribution in [0.5, 0.6) is 0 Å². The summed E-state index contributed by atoms with van der Waals surface area (Å²) < 4.78 is 31.1. The van der Waals surface area contributed by atoms with Crippen molar-refractivity contribution in [1.29, 1.82) is 0 Å². The highest BCUT2D eigenvalue weighted by Gasteiger charge is 2.25. The molecule has 1 saturated heterocycles. The summed E-state index contributed by atoms with van der Waals surface area (Å²) in [7, 11) is 0. The lowest BCUT2D eigenvalue weighted by Crippen LogP contribution is -2.24. The van der Waals surface area contributed by atoms with E-state index in [2.05, 4.69) is 0 Å². The Morgan fingerprint density at radius 1 is 1.24 bits per heavy atom. The Bertz CT molecular complexity index is 442. The van der Waals surface area contributed by atoms with Gasteiger partial charge in [0.1, 0.15) is 0 Å². The summed E-state index contributed by atoms with van der Waals surface area (Å²) in [5.41, 5.74) is 0.0532. The average Bonchev–Trinajstić information content (AvgIpc) is 2.34. The highest BCUT2D eigenvalue weighted by Crippen LogP contribution is 2.26. The molecule has 1 aromatic rings. The second-order valence-electron chi connectivity index (χ2n) is 4.00. The highest BCUT2D eigenvalue weighted by atomic mass is 35.5. The van der Waals surface area contributed by atoms with Gasteiger partial charge in [0.05, 0.1) is 5.02 Å². The molecule has 2 nitrogen and oxygen atoms in total. The van der Waals surface area contributed by atoms with Gasteiger partial charge in [-0.05, 0) is 25.0 Å². The molecule has 2 rings (SSSR count). The Hall–Kier alpha value is -1.00. The van der Waals surface area contributed by atoms with E-state index in [0.29, 0.717) is 26.1 Å². The van der Waals surface area contributed by atoms with Gasteiger partial charge in [0.25, 0.3) is 0 Å². The summed E-state index contributed by atoms with van der Waals surface area (Å²) in [5.74, 6) is -2.55. The molecule has 1 aliphatic heterocycles. The summed E-state index contributed by atoms with van der Waals surface area (Å²) in [4.78, 5) is 12.1. The molecule has 1 heterocycles. The number of carbonyl (C=O) groups excluding carboxylic acids is 1. The molecule has 0 N–H and O–H groups in total. The Morgan fingerprint density at radius 2 is 1.82 bits per heavy atom. The Balaban J connectivity index is 2.26. The van der Waals surface area contributed by atoms with Gasteiger partial charge >= 0.3 is 0 Å². The van der Waals surface area contributed by atoms with Crippen LogP contribution in [0.15, 0.2) is 12.1 Å². The van der Waals surface area contributed by atoms with Crippen LogP contribution in [-0.2, 0) is 4.74 Å². The first kappa shape index (κ1) is 12.5. The van der Waals surface area contributed by atoms with Crippen LogP contribution in [0.25, 0.3) is 0 Å². The largest absolute Gasteiger partial charge is 0.381 e. The first-order valence-electron chi connectivity index (χ1n) is 5.36. The zero-order valence-electron chi connectivity index (χ0n) is 9.01. The molecule has 0 bridgehead atoms. The van der Waals surface area contributed by atoms with E-state index in [0.717, 1.165) is 12.1 Å². The third kappa shape index (κ3) is 2.64. The van der Waals surface area contributed by atoms with Crippen molar-refractivity contribution in [3.8, 4) is 0 Å². The van der Waals surface area contributed by atoms with E-state index in [1.54, 1.807) is 0 Å². The molecular formula is C12H11ClF2O2. The second-order valence-corrected chi connectivity index (χ2v) is 4.40. The molecule has 0 aromatic heterocycles. The lowest BCUT2D eigenvalue weighted by molar-refractivity contribution is 0.0544. The summed E-state index contributed by atoms with van der Waals surface area (Å²) >= 11 is 5.76. The van der Waals surface area contributed by atoms with Crippen LogP contribution in [0.3, 0.4) is 0 Å². The number of carbonyl (C=O) groups is 1. The van der Waals surface area contributed by atoms with Gasteiger partial charge in [-0.1, -0.05) is 11.6 Å². The van der Waals surface area contributed by atoms with E-state index >= 15 is 0 Å². The van der Waals surface area contributed by atoms with Gasteiger partial charge in [0.15, 0.2) is 17.4 Å². The molecule has 0 radical (unpaired) electrons. The molecule has 0 spiro atoms. The number of hydrogen-bond acceptors (Lipinski definition) is 2. The third-order valence-electron chi connectivity index (χ3n) is 2.87. The van der Waals surface area contributed by atoms with Crippen molar-refractivity contribution in [2.45, 2.75) is 12.8 Å². The van der Waals surface area contributed by atoms with Crippen LogP contribution in [0.2, 0.25) is 5.02 Å². The third-order valence-corrected chi connectivity index (χ3v) is 3.18. The van der Waals surface area contributed by atoms with Crippen molar-refractivity contribution in [2.75, 3.05) is 13.2 Å². The highest BCUT2D eigenvalue weighted by molar-refractivity contribution is 6.34. The molecule has 1 aliphatic rings. The van der Waals surface area contributed by atoms with Crippen LogP contribution in [0, 0.1) is 17.6 Å². The lowest BCUT2D eigenvalue weighted by atomic mass is 9.91.